The molecule has 2 aromatic rings. The molecule has 0 aromatic heterocycles. The van der Waals surface area contributed by atoms with E-state index in [-0.39, 0.29) is 15.9 Å². The number of nitrogens with zero attached hydrogens (tertiary/aromatic N) is 1. The van der Waals surface area contributed by atoms with E-state index in [1.165, 1.54) is 18.2 Å². The van der Waals surface area contributed by atoms with Crippen LogP contribution in [-0.2, 0) is 0 Å². The number of hydrogen-bond donors (Lipinski definition) is 1. The molecule has 0 aliphatic heterocycles. The van der Waals surface area contributed by atoms with Crippen LogP contribution in [0.2, 0.25) is 0 Å². The van der Waals surface area contributed by atoms with Gasteiger partial charge in [0.05, 0.1) is 4.92 Å². The molecule has 0 amide bonds. The van der Waals surface area contributed by atoms with Crippen molar-refractivity contribution in [3.63, 3.8) is 0 Å². The van der Waals surface area contributed by atoms with Gasteiger partial charge in [-0.25, -0.2) is 4.39 Å². The van der Waals surface area contributed by atoms with E-state index in [1.807, 2.05) is 0 Å². The van der Waals surface area contributed by atoms with Gasteiger partial charge in [0.2, 0.25) is 11.6 Å². The summed E-state index contributed by atoms with van der Waals surface area (Å²) in [5, 5.41) is 10.9. The van der Waals surface area contributed by atoms with Gasteiger partial charge in [0.15, 0.2) is 11.6 Å². The molecule has 0 saturated carbocycles. The zero-order chi connectivity index (χ0) is 14.9. The lowest BCUT2D eigenvalue weighted by molar-refractivity contribution is -0.384. The first-order valence-corrected chi connectivity index (χ1v) is 6.04. The van der Waals surface area contributed by atoms with Gasteiger partial charge in [-0.1, -0.05) is 22.0 Å². The Hall–Kier alpha value is -2.22. The number of ether oxygens (including phenoxy) is 1. The minimum absolute atomic E-state index is 0.136. The van der Waals surface area contributed by atoms with Crippen LogP contribution in [0.1, 0.15) is 0 Å². The van der Waals surface area contributed by atoms with Crippen molar-refractivity contribution in [1.82, 2.24) is 0 Å². The van der Waals surface area contributed by atoms with Crippen LogP contribution in [0.4, 0.5) is 20.2 Å². The second-order valence-corrected chi connectivity index (χ2v) is 4.67. The maximum Gasteiger partial charge on any atom is 0.334 e. The van der Waals surface area contributed by atoms with Gasteiger partial charge >= 0.3 is 5.69 Å². The third-order valence-electron chi connectivity index (χ3n) is 2.39. The molecule has 2 N–H and O–H groups in total. The van der Waals surface area contributed by atoms with Crippen LogP contribution in [0.25, 0.3) is 0 Å². The number of nitro benzene ring substituents is 1. The number of nitrogen functional groups attached to an aromatic ring is 1. The molecule has 0 unspecified atom stereocenters. The molecule has 0 radical (unpaired) electrons. The van der Waals surface area contributed by atoms with Gasteiger partial charge in [0.1, 0.15) is 5.69 Å². The molecule has 0 bridgehead atoms. The molecule has 0 fully saturated rings. The Morgan fingerprint density at radius 3 is 2.60 bits per heavy atom. The summed E-state index contributed by atoms with van der Waals surface area (Å²) < 4.78 is 32.1. The van der Waals surface area contributed by atoms with Gasteiger partial charge in [0.25, 0.3) is 0 Å². The van der Waals surface area contributed by atoms with Gasteiger partial charge in [-0.2, -0.15) is 4.39 Å². The maximum absolute atomic E-state index is 13.6. The summed E-state index contributed by atoms with van der Waals surface area (Å²) in [6.45, 7) is 0. The predicted octanol–water partition coefficient (Wildman–Crippen LogP) is 4.01. The van der Waals surface area contributed by atoms with Gasteiger partial charge < -0.3 is 10.5 Å². The van der Waals surface area contributed by atoms with Crippen LogP contribution in [0.5, 0.6) is 11.5 Å². The molecule has 2 aromatic carbocycles. The number of benzene rings is 2. The highest BCUT2D eigenvalue weighted by Crippen LogP contribution is 2.37. The number of anilines is 1. The second-order valence-electron chi connectivity index (χ2n) is 3.75. The van der Waals surface area contributed by atoms with Crippen LogP contribution in [0.15, 0.2) is 34.8 Å². The van der Waals surface area contributed by atoms with E-state index in [9.17, 15) is 18.9 Å². The van der Waals surface area contributed by atoms with E-state index >= 15 is 0 Å². The van der Waals surface area contributed by atoms with E-state index in [2.05, 4.69) is 15.9 Å². The van der Waals surface area contributed by atoms with Crippen molar-refractivity contribution >= 4 is 27.3 Å². The van der Waals surface area contributed by atoms with Crippen molar-refractivity contribution in [2.24, 2.45) is 0 Å². The number of hydrogen-bond acceptors (Lipinski definition) is 4. The summed E-state index contributed by atoms with van der Waals surface area (Å²) in [6.07, 6.45) is 0. The van der Waals surface area contributed by atoms with Gasteiger partial charge in [-0.05, 0) is 24.3 Å². The number of halogens is 3. The Balaban J connectivity index is 2.51. The van der Waals surface area contributed by atoms with Crippen LogP contribution >= 0.6 is 15.9 Å². The normalized spacial score (nSPS) is 10.3. The minimum Gasteiger partial charge on any atom is -0.447 e. The SMILES string of the molecule is Nc1cccc(Oc2cc(Br)cc(F)c2F)c1[N+](=O)[O-]. The van der Waals surface area contributed by atoms with Crippen LogP contribution in [-0.4, -0.2) is 4.92 Å². The highest BCUT2D eigenvalue weighted by Gasteiger charge is 2.21. The maximum atomic E-state index is 13.6. The van der Waals surface area contributed by atoms with E-state index in [0.717, 1.165) is 12.1 Å². The summed E-state index contributed by atoms with van der Waals surface area (Å²) in [5.41, 5.74) is 4.83. The van der Waals surface area contributed by atoms with E-state index in [4.69, 9.17) is 10.5 Å². The highest BCUT2D eigenvalue weighted by atomic mass is 79.9. The molecule has 5 nitrogen and oxygen atoms in total. The van der Waals surface area contributed by atoms with Crippen LogP contribution < -0.4 is 10.5 Å². The van der Waals surface area contributed by atoms with Crippen molar-refractivity contribution in [2.75, 3.05) is 5.73 Å². The van der Waals surface area contributed by atoms with Gasteiger partial charge in [-0.15, -0.1) is 0 Å². The predicted molar refractivity (Wildman–Crippen MR) is 71.6 cm³/mol. The van der Waals surface area contributed by atoms with Gasteiger partial charge in [-0.3, -0.25) is 10.1 Å². The van der Waals surface area contributed by atoms with Crippen molar-refractivity contribution in [2.45, 2.75) is 0 Å². The molecular weight excluding hydrogens is 338 g/mol. The first-order chi connectivity index (χ1) is 9.40. The molecule has 2 rings (SSSR count). The first-order valence-electron chi connectivity index (χ1n) is 5.25. The topological polar surface area (TPSA) is 78.4 Å². The number of nitrogens with two attached hydrogens (primary N) is 1. The number of nitro groups is 1. The Bertz CT molecular complexity index is 695. The van der Waals surface area contributed by atoms with Crippen molar-refractivity contribution in [3.8, 4) is 11.5 Å². The fourth-order valence-corrected chi connectivity index (χ4v) is 1.95. The molecule has 0 saturated heterocycles. The monoisotopic (exact) mass is 344 g/mol. The summed E-state index contributed by atoms with van der Waals surface area (Å²) in [6, 6.07) is 6.03. The lowest BCUT2D eigenvalue weighted by Crippen LogP contribution is -2.00. The van der Waals surface area contributed by atoms with Crippen LogP contribution in [0, 0.1) is 21.7 Å². The fourth-order valence-electron chi connectivity index (χ4n) is 1.54. The second kappa shape index (κ2) is 5.41. The zero-order valence-corrected chi connectivity index (χ0v) is 11.4. The van der Waals surface area contributed by atoms with Crippen molar-refractivity contribution in [3.05, 3.63) is 56.6 Å². The van der Waals surface area contributed by atoms with Gasteiger partial charge in [0, 0.05) is 4.47 Å². The molecule has 0 atom stereocenters. The smallest absolute Gasteiger partial charge is 0.334 e. The Morgan fingerprint density at radius 1 is 1.25 bits per heavy atom. The summed E-state index contributed by atoms with van der Waals surface area (Å²) in [4.78, 5) is 10.2. The summed E-state index contributed by atoms with van der Waals surface area (Å²) in [7, 11) is 0. The number of rotatable bonds is 3. The molecule has 0 aliphatic carbocycles. The average molecular weight is 345 g/mol. The Morgan fingerprint density at radius 2 is 1.95 bits per heavy atom. The Labute approximate surface area is 120 Å². The largest absolute Gasteiger partial charge is 0.447 e. The fraction of sp³-hybridized carbons (Fsp3) is 0. The molecule has 0 spiro atoms. The van der Waals surface area contributed by atoms with E-state index in [1.54, 1.807) is 0 Å². The van der Waals surface area contributed by atoms with Crippen molar-refractivity contribution < 1.29 is 18.4 Å². The lowest BCUT2D eigenvalue weighted by atomic mass is 10.2. The third-order valence-corrected chi connectivity index (χ3v) is 2.85. The molecule has 0 aliphatic rings. The number of para-hydroxylation sites is 1. The highest BCUT2D eigenvalue weighted by molar-refractivity contribution is 9.10. The summed E-state index contributed by atoms with van der Waals surface area (Å²) >= 11 is 2.98. The summed E-state index contributed by atoms with van der Waals surface area (Å²) in [5.74, 6) is -3.14. The molecule has 20 heavy (non-hydrogen) atoms. The lowest BCUT2D eigenvalue weighted by Gasteiger charge is -2.09. The van der Waals surface area contributed by atoms with E-state index < -0.39 is 28.0 Å². The quantitative estimate of drug-likeness (QED) is 0.395. The Kier molecular flexibility index (Phi) is 3.84. The van der Waals surface area contributed by atoms with Crippen LogP contribution in [0.3, 0.4) is 0 Å². The third kappa shape index (κ3) is 2.69. The minimum atomic E-state index is -1.25. The molecule has 0 heterocycles. The standard InChI is InChI=1S/C12H7BrF2N2O3/c13-6-4-7(14)11(15)10(5-6)20-9-3-1-2-8(16)12(9)17(18)19/h1-5H,16H2. The first kappa shape index (κ1) is 14.2. The molecular formula is C12H7BrF2N2O3. The molecule has 104 valence electrons. The van der Waals surface area contributed by atoms with Crippen molar-refractivity contribution in [1.29, 1.82) is 0 Å². The molecule has 8 heteroatoms. The zero-order valence-electron chi connectivity index (χ0n) is 9.77. The average Bonchev–Trinajstić information content (AvgIpc) is 2.35. The van der Waals surface area contributed by atoms with E-state index in [0.29, 0.717) is 0 Å².